The number of benzene rings is 1. The molecule has 22 heavy (non-hydrogen) atoms. The third kappa shape index (κ3) is 3.30. The molecule has 2 aromatic rings. The van der Waals surface area contributed by atoms with E-state index < -0.39 is 0 Å². The first-order chi connectivity index (χ1) is 10.9. The van der Waals surface area contributed by atoms with Crippen molar-refractivity contribution < 1.29 is 0 Å². The number of allylic oxidation sites excluding steroid dienone is 5. The maximum absolute atomic E-state index is 5.84. The van der Waals surface area contributed by atoms with Gasteiger partial charge in [0.15, 0.2) is 0 Å². The van der Waals surface area contributed by atoms with Crippen LogP contribution < -0.4 is 5.73 Å². The van der Waals surface area contributed by atoms with Gasteiger partial charge in [-0.25, -0.2) is 0 Å². The number of aliphatic imine (C=N–C) groups is 1. The monoisotopic (exact) mass is 290 g/mol. The lowest BCUT2D eigenvalue weighted by Gasteiger charge is -2.07. The van der Waals surface area contributed by atoms with Gasteiger partial charge in [-0.05, 0) is 35.3 Å². The van der Waals surface area contributed by atoms with E-state index in [2.05, 4.69) is 27.3 Å². The SMILES string of the molecule is NCC(/C=N/c1ccc(-c2cn[nH]c2)cc1)=C1\C=CC=CC1. The van der Waals surface area contributed by atoms with Crippen molar-refractivity contribution in [2.45, 2.75) is 6.42 Å². The molecule has 3 N–H and O–H groups in total. The van der Waals surface area contributed by atoms with Crippen LogP contribution in [0.2, 0.25) is 0 Å². The summed E-state index contributed by atoms with van der Waals surface area (Å²) in [5.41, 5.74) is 11.2. The predicted octanol–water partition coefficient (Wildman–Crippen LogP) is 3.55. The molecule has 0 unspecified atom stereocenters. The zero-order chi connectivity index (χ0) is 15.2. The smallest absolute Gasteiger partial charge is 0.0630 e. The van der Waals surface area contributed by atoms with E-state index in [1.165, 1.54) is 5.57 Å². The van der Waals surface area contributed by atoms with E-state index in [-0.39, 0.29) is 0 Å². The Labute approximate surface area is 129 Å². The Morgan fingerprint density at radius 3 is 2.73 bits per heavy atom. The largest absolute Gasteiger partial charge is 0.326 e. The number of H-pyrrole nitrogens is 1. The number of nitrogens with zero attached hydrogens (tertiary/aromatic N) is 2. The second kappa shape index (κ2) is 6.83. The lowest BCUT2D eigenvalue weighted by atomic mass is 10.0. The number of nitrogens with two attached hydrogens (primary N) is 1. The zero-order valence-corrected chi connectivity index (χ0v) is 12.2. The molecule has 0 bridgehead atoms. The summed E-state index contributed by atoms with van der Waals surface area (Å²) in [7, 11) is 0. The molecule has 0 radical (unpaired) electrons. The van der Waals surface area contributed by atoms with Gasteiger partial charge in [-0.1, -0.05) is 36.4 Å². The third-order valence-electron chi connectivity index (χ3n) is 3.58. The van der Waals surface area contributed by atoms with E-state index in [9.17, 15) is 0 Å². The Kier molecular flexibility index (Phi) is 4.41. The quantitative estimate of drug-likeness (QED) is 0.846. The molecule has 1 aromatic carbocycles. The highest BCUT2D eigenvalue weighted by Crippen LogP contribution is 2.22. The van der Waals surface area contributed by atoms with Crippen LogP contribution in [0.3, 0.4) is 0 Å². The summed E-state index contributed by atoms with van der Waals surface area (Å²) in [5, 5.41) is 6.77. The first kappa shape index (κ1) is 14.2. The van der Waals surface area contributed by atoms with Gasteiger partial charge in [0.1, 0.15) is 0 Å². The predicted molar refractivity (Wildman–Crippen MR) is 91.2 cm³/mol. The Bertz CT molecular complexity index is 732. The van der Waals surface area contributed by atoms with E-state index in [1.807, 2.05) is 48.8 Å². The molecule has 0 amide bonds. The average Bonchev–Trinajstić information content (AvgIpc) is 3.11. The molecular formula is C18H18N4. The summed E-state index contributed by atoms with van der Waals surface area (Å²) in [6.07, 6.45) is 14.7. The molecule has 0 aliphatic heterocycles. The van der Waals surface area contributed by atoms with E-state index in [4.69, 9.17) is 5.73 Å². The normalized spacial score (nSPS) is 16.4. The second-order valence-electron chi connectivity index (χ2n) is 5.04. The first-order valence-electron chi connectivity index (χ1n) is 7.25. The van der Waals surface area contributed by atoms with Crippen LogP contribution in [0.4, 0.5) is 5.69 Å². The molecule has 0 fully saturated rings. The molecule has 1 aromatic heterocycles. The van der Waals surface area contributed by atoms with Crippen molar-refractivity contribution in [1.82, 2.24) is 10.2 Å². The molecule has 1 heterocycles. The van der Waals surface area contributed by atoms with Crippen molar-refractivity contribution in [3.05, 3.63) is 72.1 Å². The molecular weight excluding hydrogens is 272 g/mol. The zero-order valence-electron chi connectivity index (χ0n) is 12.2. The summed E-state index contributed by atoms with van der Waals surface area (Å²) < 4.78 is 0. The van der Waals surface area contributed by atoms with Gasteiger partial charge in [-0.3, -0.25) is 10.1 Å². The molecule has 4 heteroatoms. The summed E-state index contributed by atoms with van der Waals surface area (Å²) in [5.74, 6) is 0. The van der Waals surface area contributed by atoms with Crippen LogP contribution in [-0.2, 0) is 0 Å². The van der Waals surface area contributed by atoms with Crippen LogP contribution in [0.5, 0.6) is 0 Å². The van der Waals surface area contributed by atoms with Crippen LogP contribution >= 0.6 is 0 Å². The van der Waals surface area contributed by atoms with E-state index in [0.29, 0.717) is 6.54 Å². The van der Waals surface area contributed by atoms with Crippen LogP contribution in [0.25, 0.3) is 11.1 Å². The molecule has 0 saturated heterocycles. The number of hydrogen-bond donors (Lipinski definition) is 2. The topological polar surface area (TPSA) is 67.1 Å². The molecule has 4 nitrogen and oxygen atoms in total. The lowest BCUT2D eigenvalue weighted by Crippen LogP contribution is -2.07. The fourth-order valence-electron chi connectivity index (χ4n) is 2.32. The van der Waals surface area contributed by atoms with Crippen LogP contribution in [-0.4, -0.2) is 23.0 Å². The Balaban J connectivity index is 1.77. The average molecular weight is 290 g/mol. The minimum atomic E-state index is 0.490. The summed E-state index contributed by atoms with van der Waals surface area (Å²) in [4.78, 5) is 4.53. The molecule has 3 rings (SSSR count). The highest BCUT2D eigenvalue weighted by Gasteiger charge is 2.02. The number of aromatic nitrogens is 2. The molecule has 1 aliphatic rings. The highest BCUT2D eigenvalue weighted by molar-refractivity contribution is 5.83. The van der Waals surface area contributed by atoms with Gasteiger partial charge in [0.2, 0.25) is 0 Å². The number of aromatic amines is 1. The summed E-state index contributed by atoms with van der Waals surface area (Å²) in [6.45, 7) is 0.490. The lowest BCUT2D eigenvalue weighted by molar-refractivity contribution is 1.09. The maximum atomic E-state index is 5.84. The van der Waals surface area contributed by atoms with Crippen molar-refractivity contribution in [2.24, 2.45) is 10.7 Å². The summed E-state index contributed by atoms with van der Waals surface area (Å²) in [6, 6.07) is 8.06. The van der Waals surface area contributed by atoms with Crippen molar-refractivity contribution in [2.75, 3.05) is 6.54 Å². The summed E-state index contributed by atoms with van der Waals surface area (Å²) >= 11 is 0. The van der Waals surface area contributed by atoms with Crippen LogP contribution in [0.15, 0.2) is 77.1 Å². The Morgan fingerprint density at radius 1 is 1.23 bits per heavy atom. The van der Waals surface area contributed by atoms with Crippen molar-refractivity contribution in [3.8, 4) is 11.1 Å². The standard InChI is InChI=1S/C18H18N4/c19-10-16(14-4-2-1-3-5-14)11-20-18-8-6-15(7-9-18)17-12-21-22-13-17/h1-4,6-9,11-13H,5,10,19H2,(H,21,22)/b16-14-,20-11+. The third-order valence-corrected chi connectivity index (χ3v) is 3.58. The molecule has 110 valence electrons. The van der Waals surface area contributed by atoms with Crippen molar-refractivity contribution >= 4 is 11.9 Å². The van der Waals surface area contributed by atoms with Gasteiger partial charge in [0.05, 0.1) is 11.9 Å². The van der Waals surface area contributed by atoms with Gasteiger partial charge in [0, 0.05) is 24.5 Å². The van der Waals surface area contributed by atoms with E-state index in [1.54, 1.807) is 6.20 Å². The van der Waals surface area contributed by atoms with E-state index >= 15 is 0 Å². The van der Waals surface area contributed by atoms with Crippen molar-refractivity contribution in [1.29, 1.82) is 0 Å². The first-order valence-corrected chi connectivity index (χ1v) is 7.25. The fourth-order valence-corrected chi connectivity index (χ4v) is 2.32. The Hall–Kier alpha value is -2.72. The molecule has 1 aliphatic carbocycles. The Morgan fingerprint density at radius 2 is 2.09 bits per heavy atom. The second-order valence-corrected chi connectivity index (χ2v) is 5.04. The molecule has 0 atom stereocenters. The van der Waals surface area contributed by atoms with E-state index in [0.717, 1.165) is 28.8 Å². The number of hydrogen-bond acceptors (Lipinski definition) is 3. The molecule has 0 spiro atoms. The number of nitrogens with one attached hydrogen (secondary N) is 1. The minimum Gasteiger partial charge on any atom is -0.326 e. The van der Waals surface area contributed by atoms with Crippen molar-refractivity contribution in [3.63, 3.8) is 0 Å². The van der Waals surface area contributed by atoms with Crippen LogP contribution in [0, 0.1) is 0 Å². The minimum absolute atomic E-state index is 0.490. The van der Waals surface area contributed by atoms with Gasteiger partial charge in [-0.2, -0.15) is 5.10 Å². The maximum Gasteiger partial charge on any atom is 0.0630 e. The van der Waals surface area contributed by atoms with Gasteiger partial charge >= 0.3 is 0 Å². The van der Waals surface area contributed by atoms with Gasteiger partial charge in [-0.15, -0.1) is 0 Å². The highest BCUT2D eigenvalue weighted by atomic mass is 15.1. The van der Waals surface area contributed by atoms with Gasteiger partial charge < -0.3 is 5.73 Å². The fraction of sp³-hybridized carbons (Fsp3) is 0.111. The van der Waals surface area contributed by atoms with Gasteiger partial charge in [0.25, 0.3) is 0 Å². The van der Waals surface area contributed by atoms with Crippen LogP contribution in [0.1, 0.15) is 6.42 Å². The number of rotatable bonds is 4. The molecule has 0 saturated carbocycles.